The van der Waals surface area contributed by atoms with Crippen LogP contribution >= 0.6 is 0 Å². The largest absolute Gasteiger partial charge is 0.463 e. The number of Topliss-reactive ketones (excluding diaryl/α,β-unsaturated/α-hetero) is 2. The van der Waals surface area contributed by atoms with E-state index in [0.717, 1.165) is 46.5 Å². The molecule has 2 amide bonds. The third-order valence-electron chi connectivity index (χ3n) is 11.9. The molecule has 2 rings (SSSR count). The van der Waals surface area contributed by atoms with Crippen LogP contribution in [-0.4, -0.2) is 116 Å². The van der Waals surface area contributed by atoms with Crippen molar-refractivity contribution in [2.45, 2.75) is 227 Å². The van der Waals surface area contributed by atoms with Crippen LogP contribution < -0.4 is 16.0 Å². The summed E-state index contributed by atoms with van der Waals surface area (Å²) in [5.41, 5.74) is -0.327. The molecule has 3 N–H and O–H groups in total. The van der Waals surface area contributed by atoms with Gasteiger partial charge in [-0.15, -0.1) is 0 Å². The molecule has 378 valence electrons. The van der Waals surface area contributed by atoms with E-state index in [0.29, 0.717) is 45.1 Å². The van der Waals surface area contributed by atoms with Crippen LogP contribution in [0, 0.1) is 11.3 Å². The molecule has 66 heavy (non-hydrogen) atoms. The Morgan fingerprint density at radius 2 is 1.20 bits per heavy atom. The molecule has 0 bridgehead atoms. The predicted molar refractivity (Wildman–Crippen MR) is 246 cm³/mol. The molecule has 0 aromatic rings. The van der Waals surface area contributed by atoms with Crippen molar-refractivity contribution in [2.75, 3.05) is 26.3 Å². The van der Waals surface area contributed by atoms with Crippen molar-refractivity contribution in [3.8, 4) is 0 Å². The molecule has 0 spiro atoms. The summed E-state index contributed by atoms with van der Waals surface area (Å²) in [6, 6.07) is -1.12. The molecule has 17 heteroatoms. The van der Waals surface area contributed by atoms with Gasteiger partial charge in [0, 0.05) is 59.5 Å². The number of amides is 2. The number of nitrogens with one attached hydrogen (secondary N) is 3. The predicted octanol–water partition coefficient (Wildman–Crippen LogP) is 6.28. The lowest BCUT2D eigenvalue weighted by Gasteiger charge is -2.44. The highest BCUT2D eigenvalue weighted by Crippen LogP contribution is 2.35. The van der Waals surface area contributed by atoms with Gasteiger partial charge in [0.1, 0.15) is 30.3 Å². The third-order valence-corrected chi connectivity index (χ3v) is 11.9. The quantitative estimate of drug-likeness (QED) is 0.0285. The van der Waals surface area contributed by atoms with E-state index in [9.17, 15) is 38.4 Å². The maximum absolute atomic E-state index is 13.6. The summed E-state index contributed by atoms with van der Waals surface area (Å²) in [4.78, 5) is 100. The molecule has 0 aromatic heterocycles. The van der Waals surface area contributed by atoms with Crippen LogP contribution in [0.25, 0.3) is 0 Å². The van der Waals surface area contributed by atoms with Crippen molar-refractivity contribution in [2.24, 2.45) is 11.3 Å². The molecule has 17 nitrogen and oxygen atoms in total. The first kappa shape index (κ1) is 58.2. The van der Waals surface area contributed by atoms with Crippen molar-refractivity contribution < 1.29 is 66.8 Å². The minimum absolute atomic E-state index is 0.0392. The van der Waals surface area contributed by atoms with Gasteiger partial charge >= 0.3 is 23.9 Å². The zero-order valence-corrected chi connectivity index (χ0v) is 41.3. The van der Waals surface area contributed by atoms with Crippen molar-refractivity contribution in [3.05, 3.63) is 0 Å². The topological polar surface area (TPSA) is 228 Å². The van der Waals surface area contributed by atoms with Gasteiger partial charge < -0.3 is 44.4 Å². The molecule has 2 aliphatic rings. The highest BCUT2D eigenvalue weighted by atomic mass is 16.7. The Kier molecular flexibility index (Phi) is 28.1. The monoisotopic (exact) mass is 938 g/mol. The standard InChI is InChI=1S/C49H83N3O14/c1-9-10-11-12-13-14-15-16-17-18-19-20-21-26-42(59)52-38(25-22-23-27-50-33(2)43-39(57)30-49(7,8)31-40(43)58)47(60)51-28-24-29-61-48-46(65-37(6)56)45(64-36(5)55)44(63-35(4)54)41(66-48)32-62-34(3)53/h33,38,41,43-46,48,50H,9-32H2,1-8H3,(H,51,60)(H,52,59)/t33?,38-,41+,44-,45-,46+,48+/m0/s1. The smallest absolute Gasteiger partial charge is 0.303 e. The zero-order chi connectivity index (χ0) is 49.1. The Bertz CT molecular complexity index is 1520. The van der Waals surface area contributed by atoms with E-state index >= 15 is 0 Å². The van der Waals surface area contributed by atoms with E-state index in [1.807, 2.05) is 20.8 Å². The number of esters is 4. The highest BCUT2D eigenvalue weighted by Gasteiger charge is 2.53. The number of hydrogen-bond acceptors (Lipinski definition) is 15. The van der Waals surface area contributed by atoms with Gasteiger partial charge in [0.05, 0.1) is 12.5 Å². The number of hydrogen-bond donors (Lipinski definition) is 3. The van der Waals surface area contributed by atoms with Gasteiger partial charge in [0.15, 0.2) is 24.6 Å². The summed E-state index contributed by atoms with van der Waals surface area (Å²) in [6.45, 7) is 12.7. The van der Waals surface area contributed by atoms with Crippen molar-refractivity contribution in [3.63, 3.8) is 0 Å². The van der Waals surface area contributed by atoms with E-state index in [1.54, 1.807) is 0 Å². The molecule has 1 unspecified atom stereocenters. The number of rotatable bonds is 33. The fourth-order valence-electron chi connectivity index (χ4n) is 8.65. The lowest BCUT2D eigenvalue weighted by atomic mass is 9.70. The minimum atomic E-state index is -1.37. The second-order valence-electron chi connectivity index (χ2n) is 18.9. The molecule has 0 radical (unpaired) electrons. The Labute approximate surface area is 393 Å². The average Bonchev–Trinajstić information content (AvgIpc) is 3.21. The fourth-order valence-corrected chi connectivity index (χ4v) is 8.65. The number of ketones is 2. The molecule has 1 saturated heterocycles. The van der Waals surface area contributed by atoms with Gasteiger partial charge in [-0.3, -0.25) is 38.4 Å². The van der Waals surface area contributed by atoms with E-state index in [-0.39, 0.29) is 54.4 Å². The van der Waals surface area contributed by atoms with Crippen molar-refractivity contribution in [1.29, 1.82) is 0 Å². The highest BCUT2D eigenvalue weighted by molar-refractivity contribution is 6.05. The third kappa shape index (κ3) is 23.7. The Hall–Kier alpha value is -3.96. The first-order valence-electron chi connectivity index (χ1n) is 24.6. The normalized spacial score (nSPS) is 21.6. The molecule has 7 atom stereocenters. The first-order chi connectivity index (χ1) is 31.3. The molecule has 1 saturated carbocycles. The summed E-state index contributed by atoms with van der Waals surface area (Å²) in [5, 5.41) is 9.14. The summed E-state index contributed by atoms with van der Waals surface area (Å²) >= 11 is 0. The maximum Gasteiger partial charge on any atom is 0.303 e. The average molecular weight is 938 g/mol. The van der Waals surface area contributed by atoms with Crippen LogP contribution in [0.1, 0.15) is 184 Å². The van der Waals surface area contributed by atoms with E-state index in [4.69, 9.17) is 28.4 Å². The molecular weight excluding hydrogens is 855 g/mol. The number of carbonyl (C=O) groups is 8. The van der Waals surface area contributed by atoms with E-state index in [2.05, 4.69) is 22.9 Å². The van der Waals surface area contributed by atoms with Crippen LogP contribution in [0.5, 0.6) is 0 Å². The van der Waals surface area contributed by atoms with Gasteiger partial charge in [-0.2, -0.15) is 0 Å². The first-order valence-corrected chi connectivity index (χ1v) is 24.6. The summed E-state index contributed by atoms with van der Waals surface area (Å²) < 4.78 is 33.4. The number of ether oxygens (including phenoxy) is 6. The number of unbranched alkanes of at least 4 members (excludes halogenated alkanes) is 13. The molecule has 0 aromatic carbocycles. The Morgan fingerprint density at radius 1 is 0.667 bits per heavy atom. The molecule has 1 aliphatic heterocycles. The van der Waals surface area contributed by atoms with Gasteiger partial charge in [0.25, 0.3) is 0 Å². The Balaban J connectivity index is 1.98. The van der Waals surface area contributed by atoms with E-state index < -0.39 is 73.1 Å². The van der Waals surface area contributed by atoms with Gasteiger partial charge in [-0.1, -0.05) is 97.8 Å². The summed E-state index contributed by atoms with van der Waals surface area (Å²) in [7, 11) is 0. The minimum Gasteiger partial charge on any atom is -0.463 e. The SMILES string of the molecule is CCCCCCCCCCCCCCCC(=O)N[C@@H](CCCCNC(C)C1C(=O)CC(C)(C)CC1=O)C(=O)NCCCO[C@@H]1O[C@H](COC(C)=O)[C@H](OC(C)=O)[C@H](OC(C)=O)[C@H]1OC(C)=O. The zero-order valence-electron chi connectivity index (χ0n) is 41.3. The lowest BCUT2D eigenvalue weighted by molar-refractivity contribution is -0.308. The summed E-state index contributed by atoms with van der Waals surface area (Å²) in [6.07, 6.45) is 11.8. The summed E-state index contributed by atoms with van der Waals surface area (Å²) in [5.74, 6) is -4.24. The molecular formula is C49H83N3O14. The molecule has 1 heterocycles. The van der Waals surface area contributed by atoms with Crippen LogP contribution in [0.15, 0.2) is 0 Å². The molecule has 2 fully saturated rings. The maximum atomic E-state index is 13.6. The fraction of sp³-hybridized carbons (Fsp3) is 0.837. The van der Waals surface area contributed by atoms with E-state index in [1.165, 1.54) is 64.7 Å². The van der Waals surface area contributed by atoms with Crippen molar-refractivity contribution in [1.82, 2.24) is 16.0 Å². The van der Waals surface area contributed by atoms with Gasteiger partial charge in [-0.25, -0.2) is 0 Å². The number of carbonyl (C=O) groups excluding carboxylic acids is 8. The van der Waals surface area contributed by atoms with Crippen LogP contribution in [0.3, 0.4) is 0 Å². The molecule has 1 aliphatic carbocycles. The Morgan fingerprint density at radius 3 is 1.74 bits per heavy atom. The second kappa shape index (κ2) is 31.9. The van der Waals surface area contributed by atoms with Crippen LogP contribution in [0.4, 0.5) is 0 Å². The second-order valence-corrected chi connectivity index (χ2v) is 18.9. The van der Waals surface area contributed by atoms with Crippen LogP contribution in [-0.2, 0) is 66.8 Å². The van der Waals surface area contributed by atoms with Gasteiger partial charge in [-0.05, 0) is 51.0 Å². The van der Waals surface area contributed by atoms with Crippen LogP contribution in [0.2, 0.25) is 0 Å². The lowest BCUT2D eigenvalue weighted by Crippen LogP contribution is -2.63. The van der Waals surface area contributed by atoms with Crippen molar-refractivity contribution >= 4 is 47.3 Å². The van der Waals surface area contributed by atoms with Gasteiger partial charge in [0.2, 0.25) is 11.8 Å².